The van der Waals surface area contributed by atoms with Crippen LogP contribution in [-0.2, 0) is 4.79 Å². The highest BCUT2D eigenvalue weighted by Crippen LogP contribution is 2.19. The minimum atomic E-state index is -0.0804. The molecule has 0 atom stereocenters. The number of rotatable bonds is 7. The molecule has 1 amide bonds. The number of aliphatic hydroxyl groups excluding tert-OH is 1. The molecule has 0 saturated heterocycles. The number of carbonyl (C=O) groups excluding carboxylic acids is 1. The number of hydrogen-bond donors (Lipinski definition) is 3. The van der Waals surface area contributed by atoms with Gasteiger partial charge in [-0.1, -0.05) is 32.0 Å². The first kappa shape index (κ1) is 16.5. The molecule has 1 rings (SSSR count). The van der Waals surface area contributed by atoms with Crippen LogP contribution < -0.4 is 10.6 Å². The fourth-order valence-corrected chi connectivity index (χ4v) is 2.05. The van der Waals surface area contributed by atoms with Crippen molar-refractivity contribution in [2.75, 3.05) is 25.0 Å². The van der Waals surface area contributed by atoms with Gasteiger partial charge in [-0.25, -0.2) is 0 Å². The molecular formula is C16H26N2O2. The highest BCUT2D eigenvalue weighted by atomic mass is 16.3. The first-order valence-electron chi connectivity index (χ1n) is 7.03. The van der Waals surface area contributed by atoms with E-state index in [0.717, 1.165) is 16.8 Å². The Morgan fingerprint density at radius 3 is 2.40 bits per heavy atom. The van der Waals surface area contributed by atoms with Crippen LogP contribution in [0.4, 0.5) is 5.69 Å². The van der Waals surface area contributed by atoms with Crippen molar-refractivity contribution >= 4 is 11.6 Å². The third-order valence-electron chi connectivity index (χ3n) is 3.46. The van der Waals surface area contributed by atoms with Crippen molar-refractivity contribution in [2.24, 2.45) is 5.41 Å². The average Bonchev–Trinajstić information content (AvgIpc) is 2.36. The zero-order chi connectivity index (χ0) is 15.2. The molecule has 1 aromatic rings. The van der Waals surface area contributed by atoms with Crippen LogP contribution in [0.5, 0.6) is 0 Å². The smallest absolute Gasteiger partial charge is 0.239 e. The zero-order valence-electron chi connectivity index (χ0n) is 12.9. The molecule has 0 bridgehead atoms. The molecule has 3 N–H and O–H groups in total. The van der Waals surface area contributed by atoms with Crippen LogP contribution in [0.3, 0.4) is 0 Å². The van der Waals surface area contributed by atoms with E-state index in [1.54, 1.807) is 0 Å². The van der Waals surface area contributed by atoms with Crippen molar-refractivity contribution in [3.05, 3.63) is 29.3 Å². The number of carbonyl (C=O) groups is 1. The van der Waals surface area contributed by atoms with Crippen LogP contribution >= 0.6 is 0 Å². The van der Waals surface area contributed by atoms with Crippen LogP contribution in [0.15, 0.2) is 18.2 Å². The van der Waals surface area contributed by atoms with E-state index in [2.05, 4.69) is 10.6 Å². The summed E-state index contributed by atoms with van der Waals surface area (Å²) in [6.45, 7) is 9.09. The minimum absolute atomic E-state index is 0.0290. The molecule has 20 heavy (non-hydrogen) atoms. The van der Waals surface area contributed by atoms with Crippen molar-refractivity contribution < 1.29 is 9.90 Å². The molecule has 0 unspecified atom stereocenters. The molecule has 0 aliphatic carbocycles. The van der Waals surface area contributed by atoms with Crippen LogP contribution in [0.25, 0.3) is 0 Å². The van der Waals surface area contributed by atoms with Gasteiger partial charge in [-0.2, -0.15) is 0 Å². The molecule has 0 aromatic heterocycles. The van der Waals surface area contributed by atoms with Gasteiger partial charge in [-0.3, -0.25) is 4.79 Å². The van der Waals surface area contributed by atoms with Gasteiger partial charge in [0.2, 0.25) is 5.91 Å². The van der Waals surface area contributed by atoms with Gasteiger partial charge in [0.1, 0.15) is 0 Å². The molecule has 0 aliphatic heterocycles. The van der Waals surface area contributed by atoms with E-state index in [1.165, 1.54) is 0 Å². The molecule has 0 spiro atoms. The summed E-state index contributed by atoms with van der Waals surface area (Å²) in [5, 5.41) is 15.0. The lowest BCUT2D eigenvalue weighted by Gasteiger charge is -2.24. The summed E-state index contributed by atoms with van der Waals surface area (Å²) in [4.78, 5) is 11.9. The summed E-state index contributed by atoms with van der Waals surface area (Å²) >= 11 is 0. The van der Waals surface area contributed by atoms with Gasteiger partial charge in [-0.15, -0.1) is 0 Å². The molecule has 0 radical (unpaired) electrons. The standard InChI is InChI=1S/C16H26N2O2/c1-12-6-5-7-13(2)15(12)17-10-14(20)18-11-16(3,4)8-9-19/h5-7,17,19H,8-11H2,1-4H3,(H,18,20). The maximum Gasteiger partial charge on any atom is 0.239 e. The monoisotopic (exact) mass is 278 g/mol. The first-order chi connectivity index (χ1) is 9.35. The SMILES string of the molecule is Cc1cccc(C)c1NCC(=O)NCC(C)(C)CCO. The Bertz CT molecular complexity index is 436. The van der Waals surface area contributed by atoms with E-state index in [4.69, 9.17) is 5.11 Å². The summed E-state index contributed by atoms with van der Waals surface area (Å²) in [6.07, 6.45) is 0.678. The second kappa shape index (κ2) is 7.29. The Hall–Kier alpha value is -1.55. The van der Waals surface area contributed by atoms with Gasteiger partial charge < -0.3 is 15.7 Å². The quantitative estimate of drug-likeness (QED) is 0.717. The van der Waals surface area contributed by atoms with Gasteiger partial charge in [0.05, 0.1) is 6.54 Å². The van der Waals surface area contributed by atoms with Crippen LogP contribution in [0.1, 0.15) is 31.4 Å². The third kappa shape index (κ3) is 5.21. The number of anilines is 1. The third-order valence-corrected chi connectivity index (χ3v) is 3.46. The van der Waals surface area contributed by atoms with Crippen LogP contribution in [-0.4, -0.2) is 30.7 Å². The molecule has 112 valence electrons. The minimum Gasteiger partial charge on any atom is -0.396 e. The Labute approximate surface area is 121 Å². The lowest BCUT2D eigenvalue weighted by Crippen LogP contribution is -2.37. The van der Waals surface area contributed by atoms with Crippen molar-refractivity contribution in [1.29, 1.82) is 0 Å². The van der Waals surface area contributed by atoms with E-state index in [9.17, 15) is 4.79 Å². The maximum atomic E-state index is 11.9. The largest absolute Gasteiger partial charge is 0.396 e. The molecular weight excluding hydrogens is 252 g/mol. The first-order valence-corrected chi connectivity index (χ1v) is 7.03. The second-order valence-electron chi connectivity index (χ2n) is 6.03. The highest BCUT2D eigenvalue weighted by molar-refractivity contribution is 5.81. The Morgan fingerprint density at radius 1 is 1.25 bits per heavy atom. The van der Waals surface area contributed by atoms with Crippen molar-refractivity contribution in [3.63, 3.8) is 0 Å². The van der Waals surface area contributed by atoms with E-state index in [1.807, 2.05) is 45.9 Å². The van der Waals surface area contributed by atoms with E-state index in [-0.39, 0.29) is 24.5 Å². The summed E-state index contributed by atoms with van der Waals surface area (Å²) in [6, 6.07) is 6.06. The topological polar surface area (TPSA) is 61.4 Å². The number of nitrogens with one attached hydrogen (secondary N) is 2. The fraction of sp³-hybridized carbons (Fsp3) is 0.562. The molecule has 0 heterocycles. The molecule has 0 aliphatic rings. The van der Waals surface area contributed by atoms with Crippen molar-refractivity contribution in [1.82, 2.24) is 5.32 Å². The number of para-hydroxylation sites is 1. The maximum absolute atomic E-state index is 11.9. The number of hydrogen-bond acceptors (Lipinski definition) is 3. The van der Waals surface area contributed by atoms with Gasteiger partial charge >= 0.3 is 0 Å². The predicted molar refractivity (Wildman–Crippen MR) is 82.9 cm³/mol. The van der Waals surface area contributed by atoms with E-state index >= 15 is 0 Å². The van der Waals surface area contributed by atoms with Crippen LogP contribution in [0.2, 0.25) is 0 Å². The number of aryl methyl sites for hydroxylation is 2. The average molecular weight is 278 g/mol. The number of aliphatic hydroxyl groups is 1. The summed E-state index contributed by atoms with van der Waals surface area (Å²) in [7, 11) is 0. The molecule has 0 saturated carbocycles. The summed E-state index contributed by atoms with van der Waals surface area (Å²) in [5.41, 5.74) is 3.22. The zero-order valence-corrected chi connectivity index (χ0v) is 12.9. The van der Waals surface area contributed by atoms with E-state index < -0.39 is 0 Å². The van der Waals surface area contributed by atoms with E-state index in [0.29, 0.717) is 13.0 Å². The Kier molecular flexibility index (Phi) is 6.02. The number of benzene rings is 1. The molecule has 1 aromatic carbocycles. The Balaban J connectivity index is 2.44. The summed E-state index contributed by atoms with van der Waals surface area (Å²) < 4.78 is 0. The lowest BCUT2D eigenvalue weighted by molar-refractivity contribution is -0.119. The van der Waals surface area contributed by atoms with Gasteiger partial charge in [0, 0.05) is 18.8 Å². The van der Waals surface area contributed by atoms with Gasteiger partial charge in [0.25, 0.3) is 0 Å². The Morgan fingerprint density at radius 2 is 1.85 bits per heavy atom. The van der Waals surface area contributed by atoms with Crippen LogP contribution in [0, 0.1) is 19.3 Å². The fourth-order valence-electron chi connectivity index (χ4n) is 2.05. The highest BCUT2D eigenvalue weighted by Gasteiger charge is 2.18. The lowest BCUT2D eigenvalue weighted by atomic mass is 9.90. The molecule has 4 heteroatoms. The second-order valence-corrected chi connectivity index (χ2v) is 6.03. The molecule has 4 nitrogen and oxygen atoms in total. The van der Waals surface area contributed by atoms with Crippen molar-refractivity contribution in [3.8, 4) is 0 Å². The summed E-state index contributed by atoms with van der Waals surface area (Å²) in [5.74, 6) is -0.0290. The number of amides is 1. The van der Waals surface area contributed by atoms with Crippen molar-refractivity contribution in [2.45, 2.75) is 34.1 Å². The normalized spacial score (nSPS) is 11.2. The van der Waals surface area contributed by atoms with Gasteiger partial charge in [-0.05, 0) is 36.8 Å². The predicted octanol–water partition coefficient (Wildman–Crippen LogP) is 2.24. The van der Waals surface area contributed by atoms with Gasteiger partial charge in [0.15, 0.2) is 0 Å². The molecule has 0 fully saturated rings.